The predicted molar refractivity (Wildman–Crippen MR) is 92.1 cm³/mol. The van der Waals surface area contributed by atoms with Crippen LogP contribution >= 0.6 is 0 Å². The van der Waals surface area contributed by atoms with Crippen LogP contribution in [-0.2, 0) is 21.4 Å². The Bertz CT molecular complexity index is 975. The van der Waals surface area contributed by atoms with Gasteiger partial charge in [0, 0.05) is 18.7 Å². The third kappa shape index (κ3) is 3.37. The molecule has 0 aliphatic carbocycles. The fourth-order valence-corrected chi connectivity index (χ4v) is 4.39. The molecule has 26 heavy (non-hydrogen) atoms. The minimum absolute atomic E-state index is 0.0120. The lowest BCUT2D eigenvalue weighted by Crippen LogP contribution is -2.48. The number of carboxylic acids is 1. The molecule has 0 amide bonds. The SMILES string of the molecule is O=C(O)CN1CN(Cc2cccc([N+](=O)[O-])c2)c2ccccc2S1(=O)=O. The molecule has 1 N–H and O–H groups in total. The number of hydrogen-bond donors (Lipinski definition) is 1. The third-order valence-electron chi connectivity index (χ3n) is 3.96. The number of rotatable bonds is 5. The summed E-state index contributed by atoms with van der Waals surface area (Å²) in [7, 11) is -3.92. The summed E-state index contributed by atoms with van der Waals surface area (Å²) in [6.45, 7) is -0.624. The van der Waals surface area contributed by atoms with Gasteiger partial charge in [-0.15, -0.1) is 0 Å². The number of carboxylic acid groups (broad SMARTS) is 1. The van der Waals surface area contributed by atoms with Crippen LogP contribution in [0.5, 0.6) is 0 Å². The van der Waals surface area contributed by atoms with Crippen molar-refractivity contribution in [1.29, 1.82) is 0 Å². The van der Waals surface area contributed by atoms with E-state index in [1.807, 2.05) is 0 Å². The molecule has 0 aromatic heterocycles. The van der Waals surface area contributed by atoms with Gasteiger partial charge in [-0.25, -0.2) is 8.42 Å². The van der Waals surface area contributed by atoms with Gasteiger partial charge in [0.2, 0.25) is 10.0 Å². The molecule has 9 nitrogen and oxygen atoms in total. The molecule has 2 aromatic carbocycles. The molecule has 0 atom stereocenters. The molecule has 2 aromatic rings. The highest BCUT2D eigenvalue weighted by Gasteiger charge is 2.36. The van der Waals surface area contributed by atoms with Gasteiger partial charge >= 0.3 is 5.97 Å². The number of nitro groups is 1. The van der Waals surface area contributed by atoms with E-state index < -0.39 is 27.5 Å². The molecule has 0 radical (unpaired) electrons. The summed E-state index contributed by atoms with van der Waals surface area (Å²) in [4.78, 5) is 23.2. The van der Waals surface area contributed by atoms with E-state index >= 15 is 0 Å². The maximum Gasteiger partial charge on any atom is 0.318 e. The molecule has 136 valence electrons. The number of non-ortho nitro benzene ring substituents is 1. The Morgan fingerprint density at radius 1 is 1.19 bits per heavy atom. The number of anilines is 1. The summed E-state index contributed by atoms with van der Waals surface area (Å²) in [5, 5.41) is 20.0. The van der Waals surface area contributed by atoms with Crippen molar-refractivity contribution in [2.24, 2.45) is 0 Å². The van der Waals surface area contributed by atoms with E-state index in [1.165, 1.54) is 18.2 Å². The van der Waals surface area contributed by atoms with Crippen molar-refractivity contribution >= 4 is 27.4 Å². The van der Waals surface area contributed by atoms with E-state index in [4.69, 9.17) is 5.11 Å². The number of aliphatic carboxylic acids is 1. The van der Waals surface area contributed by atoms with E-state index in [1.54, 1.807) is 35.2 Å². The molecule has 3 rings (SSSR count). The first kappa shape index (κ1) is 17.8. The highest BCUT2D eigenvalue weighted by Crippen LogP contribution is 2.34. The Labute approximate surface area is 149 Å². The number of nitrogens with zero attached hydrogens (tertiary/aromatic N) is 3. The van der Waals surface area contributed by atoms with E-state index in [2.05, 4.69) is 0 Å². The zero-order valence-corrected chi connectivity index (χ0v) is 14.3. The van der Waals surface area contributed by atoms with Crippen LogP contribution in [0.4, 0.5) is 11.4 Å². The Balaban J connectivity index is 2.00. The highest BCUT2D eigenvalue weighted by atomic mass is 32.2. The molecular formula is C16H15N3O6S. The normalized spacial score (nSPS) is 16.1. The molecule has 1 aliphatic rings. The monoisotopic (exact) mass is 377 g/mol. The highest BCUT2D eigenvalue weighted by molar-refractivity contribution is 7.89. The van der Waals surface area contributed by atoms with Crippen molar-refractivity contribution in [3.63, 3.8) is 0 Å². The lowest BCUT2D eigenvalue weighted by Gasteiger charge is -2.37. The van der Waals surface area contributed by atoms with Gasteiger partial charge in [0.1, 0.15) is 11.4 Å². The van der Waals surface area contributed by atoms with Crippen LogP contribution in [0.2, 0.25) is 0 Å². The molecule has 0 spiro atoms. The van der Waals surface area contributed by atoms with Crippen LogP contribution in [-0.4, -0.2) is 41.9 Å². The second kappa shape index (κ2) is 6.73. The topological polar surface area (TPSA) is 121 Å². The molecule has 0 saturated carbocycles. The summed E-state index contributed by atoms with van der Waals surface area (Å²) in [5.74, 6) is -1.26. The molecule has 0 bridgehead atoms. The Morgan fingerprint density at radius 3 is 2.62 bits per heavy atom. The van der Waals surface area contributed by atoms with E-state index in [-0.39, 0.29) is 23.8 Å². The number of fused-ring (bicyclic) bond motifs is 1. The van der Waals surface area contributed by atoms with Crippen LogP contribution in [0, 0.1) is 10.1 Å². The first-order chi connectivity index (χ1) is 12.3. The van der Waals surface area contributed by atoms with Crippen LogP contribution in [0.1, 0.15) is 5.56 Å². The summed E-state index contributed by atoms with van der Waals surface area (Å²) in [6, 6.07) is 12.3. The number of para-hydroxylation sites is 1. The van der Waals surface area contributed by atoms with Crippen molar-refractivity contribution in [2.45, 2.75) is 11.4 Å². The van der Waals surface area contributed by atoms with Crippen molar-refractivity contribution in [3.05, 3.63) is 64.2 Å². The van der Waals surface area contributed by atoms with Crippen LogP contribution in [0.3, 0.4) is 0 Å². The zero-order chi connectivity index (χ0) is 18.9. The van der Waals surface area contributed by atoms with Gasteiger partial charge in [-0.3, -0.25) is 14.9 Å². The second-order valence-corrected chi connectivity index (χ2v) is 7.65. The molecular weight excluding hydrogens is 362 g/mol. The summed E-state index contributed by atoms with van der Waals surface area (Å²) in [5.41, 5.74) is 0.979. The van der Waals surface area contributed by atoms with Gasteiger partial charge in [0.25, 0.3) is 5.69 Å². The lowest BCUT2D eigenvalue weighted by molar-refractivity contribution is -0.384. The standard InChI is InChI=1S/C16H15N3O6S/c20-16(21)10-18-11-17(9-12-4-3-5-13(8-12)19(22)23)14-6-1-2-7-15(14)26(18,24)25/h1-8H,9-11H2,(H,20,21). The minimum Gasteiger partial charge on any atom is -0.480 e. The van der Waals surface area contributed by atoms with E-state index in [0.717, 1.165) is 4.31 Å². The average Bonchev–Trinajstić information content (AvgIpc) is 2.59. The number of carbonyl (C=O) groups is 1. The van der Waals surface area contributed by atoms with Gasteiger partial charge in [0.05, 0.1) is 17.3 Å². The molecule has 0 fully saturated rings. The largest absolute Gasteiger partial charge is 0.480 e. The molecule has 0 unspecified atom stereocenters. The van der Waals surface area contributed by atoms with E-state index in [9.17, 15) is 23.3 Å². The van der Waals surface area contributed by atoms with Crippen molar-refractivity contribution in [3.8, 4) is 0 Å². The smallest absolute Gasteiger partial charge is 0.318 e. The predicted octanol–water partition coefficient (Wildman–Crippen LogP) is 1.65. The van der Waals surface area contributed by atoms with Gasteiger partial charge < -0.3 is 10.0 Å². The van der Waals surface area contributed by atoms with Gasteiger partial charge in [0.15, 0.2) is 0 Å². The quantitative estimate of drug-likeness (QED) is 0.621. The minimum atomic E-state index is -3.92. The second-order valence-electron chi connectivity index (χ2n) is 5.74. The average molecular weight is 377 g/mol. The number of nitro benzene ring substituents is 1. The van der Waals surface area contributed by atoms with Crippen LogP contribution in [0.25, 0.3) is 0 Å². The summed E-state index contributed by atoms with van der Waals surface area (Å²) < 4.78 is 26.1. The molecule has 10 heteroatoms. The lowest BCUT2D eigenvalue weighted by atomic mass is 10.2. The van der Waals surface area contributed by atoms with Gasteiger partial charge in [-0.05, 0) is 17.7 Å². The Morgan fingerprint density at radius 2 is 1.92 bits per heavy atom. The van der Waals surface area contributed by atoms with Crippen molar-refractivity contribution in [1.82, 2.24) is 4.31 Å². The fraction of sp³-hybridized carbons (Fsp3) is 0.188. The maximum absolute atomic E-state index is 12.6. The van der Waals surface area contributed by atoms with Gasteiger partial charge in [-0.1, -0.05) is 24.3 Å². The molecule has 1 heterocycles. The van der Waals surface area contributed by atoms with Crippen molar-refractivity contribution < 1.29 is 23.2 Å². The zero-order valence-electron chi connectivity index (χ0n) is 13.5. The first-order valence-corrected chi connectivity index (χ1v) is 9.02. The number of hydrogen-bond acceptors (Lipinski definition) is 6. The third-order valence-corrected chi connectivity index (χ3v) is 5.78. The Hall–Kier alpha value is -2.98. The fourth-order valence-electron chi connectivity index (χ4n) is 2.83. The first-order valence-electron chi connectivity index (χ1n) is 7.58. The maximum atomic E-state index is 12.6. The van der Waals surface area contributed by atoms with Crippen LogP contribution < -0.4 is 4.90 Å². The molecule has 0 saturated heterocycles. The molecule has 1 aliphatic heterocycles. The van der Waals surface area contributed by atoms with Gasteiger partial charge in [-0.2, -0.15) is 4.31 Å². The van der Waals surface area contributed by atoms with Crippen molar-refractivity contribution in [2.75, 3.05) is 18.1 Å². The summed E-state index contributed by atoms with van der Waals surface area (Å²) >= 11 is 0. The van der Waals surface area contributed by atoms with E-state index in [0.29, 0.717) is 11.3 Å². The number of benzene rings is 2. The number of sulfonamides is 1. The summed E-state index contributed by atoms with van der Waals surface area (Å²) in [6.07, 6.45) is 0. The van der Waals surface area contributed by atoms with Crippen LogP contribution in [0.15, 0.2) is 53.4 Å². The Kier molecular flexibility index (Phi) is 4.62.